The van der Waals surface area contributed by atoms with Crippen LogP contribution in [0.1, 0.15) is 34.6 Å². The van der Waals surface area contributed by atoms with Crippen LogP contribution in [0.15, 0.2) is 36.4 Å². The lowest BCUT2D eigenvalue weighted by molar-refractivity contribution is -0.385. The van der Waals surface area contributed by atoms with Crippen LogP contribution in [0.3, 0.4) is 0 Å². The van der Waals surface area contributed by atoms with E-state index in [0.717, 1.165) is 13.2 Å². The lowest BCUT2D eigenvalue weighted by atomic mass is 10.1. The van der Waals surface area contributed by atoms with Gasteiger partial charge in [0.15, 0.2) is 6.29 Å². The molecule has 142 valence electrons. The van der Waals surface area contributed by atoms with Crippen LogP contribution in [0.2, 0.25) is 0 Å². The Labute approximate surface area is 154 Å². The number of nitro benzene ring substituents is 1. The Kier molecular flexibility index (Phi) is 5.76. The number of hydrogen-bond donors (Lipinski definition) is 1. The number of hydrogen-bond acceptors (Lipinski definition) is 8. The molecule has 0 aliphatic rings. The fourth-order valence-electron chi connectivity index (χ4n) is 2.20. The van der Waals surface area contributed by atoms with Crippen LogP contribution < -0.4 is 9.47 Å². The number of nitrogens with zero attached hydrogens (tertiary/aromatic N) is 1. The summed E-state index contributed by atoms with van der Waals surface area (Å²) in [5.74, 6) is -2.44. The van der Waals surface area contributed by atoms with Gasteiger partial charge in [-0.15, -0.1) is 0 Å². The van der Waals surface area contributed by atoms with E-state index >= 15 is 0 Å². The van der Waals surface area contributed by atoms with E-state index in [9.17, 15) is 24.8 Å². The second-order valence-electron chi connectivity index (χ2n) is 5.87. The minimum atomic E-state index is -1.55. The Morgan fingerprint density at radius 3 is 2.41 bits per heavy atom. The fraction of sp³-hybridized carbons (Fsp3) is 0.222. The van der Waals surface area contributed by atoms with E-state index in [1.165, 1.54) is 44.2 Å². The van der Waals surface area contributed by atoms with Gasteiger partial charge < -0.3 is 19.3 Å². The molecule has 9 heteroatoms. The van der Waals surface area contributed by atoms with Gasteiger partial charge in [0, 0.05) is 19.9 Å². The first-order valence-electron chi connectivity index (χ1n) is 7.70. The van der Waals surface area contributed by atoms with Gasteiger partial charge in [-0.05, 0) is 24.3 Å². The number of carbonyl (C=O) groups excluding carboxylic acids is 2. The third-order valence-corrected chi connectivity index (χ3v) is 3.30. The molecule has 27 heavy (non-hydrogen) atoms. The van der Waals surface area contributed by atoms with Crippen LogP contribution in [-0.2, 0) is 4.74 Å². The van der Waals surface area contributed by atoms with Crippen molar-refractivity contribution in [2.45, 2.75) is 19.6 Å². The van der Waals surface area contributed by atoms with Gasteiger partial charge in [0.2, 0.25) is 11.5 Å². The highest BCUT2D eigenvalue weighted by Gasteiger charge is 2.23. The molecule has 0 fully saturated rings. The van der Waals surface area contributed by atoms with E-state index in [4.69, 9.17) is 9.47 Å². The minimum absolute atomic E-state index is 0.0133. The van der Waals surface area contributed by atoms with Gasteiger partial charge in [0.1, 0.15) is 11.5 Å². The number of nitro groups is 1. The van der Waals surface area contributed by atoms with Gasteiger partial charge in [-0.2, -0.15) is 0 Å². The number of methoxy groups -OCH3 is 1. The summed E-state index contributed by atoms with van der Waals surface area (Å²) in [6.07, 6.45) is 0.449. The molecule has 0 amide bonds. The van der Waals surface area contributed by atoms with Crippen LogP contribution in [0, 0.1) is 10.1 Å². The zero-order valence-electron chi connectivity index (χ0n) is 14.8. The Morgan fingerprint density at radius 1 is 1.19 bits per heavy atom. The standard InChI is InChI=1S/C18H17NO8/c1-18(2,22)27-15-6-4-5-14(12(15)10-20)26-16-8-7-11(17(21)25-3)9-13(16)19(23)24/h4-10,22H,1-3H3. The highest BCUT2D eigenvalue weighted by atomic mass is 16.6. The van der Waals surface area contributed by atoms with Crippen molar-refractivity contribution in [3.8, 4) is 17.2 Å². The SMILES string of the molecule is COC(=O)c1ccc(Oc2cccc(OC(C)(C)O)c2C=O)c([N+](=O)[O-])c1. The van der Waals surface area contributed by atoms with E-state index in [1.807, 2.05) is 0 Å². The summed E-state index contributed by atoms with van der Waals surface area (Å²) in [5.41, 5.74) is -0.541. The maximum absolute atomic E-state index is 11.6. The molecular formula is C18H17NO8. The van der Waals surface area contributed by atoms with Crippen molar-refractivity contribution in [3.63, 3.8) is 0 Å². The number of rotatable bonds is 7. The summed E-state index contributed by atoms with van der Waals surface area (Å²) in [6, 6.07) is 7.90. The van der Waals surface area contributed by atoms with Gasteiger partial charge >= 0.3 is 11.7 Å². The first-order valence-corrected chi connectivity index (χ1v) is 7.70. The zero-order chi connectivity index (χ0) is 20.2. The number of aliphatic hydroxyl groups is 1. The second-order valence-corrected chi connectivity index (χ2v) is 5.87. The Bertz CT molecular complexity index is 885. The molecule has 0 saturated carbocycles. The molecule has 0 atom stereocenters. The third-order valence-electron chi connectivity index (χ3n) is 3.30. The van der Waals surface area contributed by atoms with Crippen molar-refractivity contribution in [2.24, 2.45) is 0 Å². The maximum atomic E-state index is 11.6. The molecular weight excluding hydrogens is 358 g/mol. The molecule has 0 saturated heterocycles. The molecule has 2 aromatic rings. The van der Waals surface area contributed by atoms with Crippen LogP contribution in [0.5, 0.6) is 17.2 Å². The van der Waals surface area contributed by atoms with Gasteiger partial charge in [0.05, 0.1) is 23.2 Å². The van der Waals surface area contributed by atoms with E-state index in [0.29, 0.717) is 6.29 Å². The van der Waals surface area contributed by atoms with Crippen molar-refractivity contribution >= 4 is 17.9 Å². The van der Waals surface area contributed by atoms with Crippen molar-refractivity contribution in [1.29, 1.82) is 0 Å². The maximum Gasteiger partial charge on any atom is 0.338 e. The van der Waals surface area contributed by atoms with Crippen molar-refractivity contribution in [1.82, 2.24) is 0 Å². The minimum Gasteiger partial charge on any atom is -0.465 e. The molecule has 0 bridgehead atoms. The summed E-state index contributed by atoms with van der Waals surface area (Å²) in [4.78, 5) is 33.7. The molecule has 0 radical (unpaired) electrons. The summed E-state index contributed by atoms with van der Waals surface area (Å²) in [5, 5.41) is 21.1. The average molecular weight is 375 g/mol. The molecule has 2 rings (SSSR count). The van der Waals surface area contributed by atoms with Gasteiger partial charge in [-0.1, -0.05) is 6.07 Å². The van der Waals surface area contributed by atoms with Crippen molar-refractivity contribution in [3.05, 3.63) is 57.6 Å². The van der Waals surface area contributed by atoms with Crippen molar-refractivity contribution < 1.29 is 33.8 Å². The van der Waals surface area contributed by atoms with Gasteiger partial charge in [0.25, 0.3) is 0 Å². The van der Waals surface area contributed by atoms with Gasteiger partial charge in [-0.3, -0.25) is 14.9 Å². The molecule has 0 unspecified atom stereocenters. The molecule has 0 aliphatic heterocycles. The molecule has 0 heterocycles. The Morgan fingerprint density at radius 2 is 1.85 bits per heavy atom. The van der Waals surface area contributed by atoms with Crippen LogP contribution in [0.4, 0.5) is 5.69 Å². The average Bonchev–Trinajstić information content (AvgIpc) is 2.60. The second kappa shape index (κ2) is 7.83. The quantitative estimate of drug-likeness (QED) is 0.257. The summed E-state index contributed by atoms with van der Waals surface area (Å²) in [7, 11) is 1.16. The lowest BCUT2D eigenvalue weighted by Gasteiger charge is -2.21. The highest BCUT2D eigenvalue weighted by Crippen LogP contribution is 2.36. The van der Waals surface area contributed by atoms with E-state index in [1.54, 1.807) is 0 Å². The molecule has 0 spiro atoms. The number of esters is 1. The largest absolute Gasteiger partial charge is 0.465 e. The number of aldehydes is 1. The molecule has 0 aliphatic carbocycles. The lowest BCUT2D eigenvalue weighted by Crippen LogP contribution is -2.27. The van der Waals surface area contributed by atoms with E-state index < -0.39 is 22.4 Å². The topological polar surface area (TPSA) is 125 Å². The Balaban J connectivity index is 2.47. The Hall–Kier alpha value is -3.46. The van der Waals surface area contributed by atoms with E-state index in [2.05, 4.69) is 4.74 Å². The normalized spacial score (nSPS) is 10.8. The monoisotopic (exact) mass is 375 g/mol. The summed E-state index contributed by atoms with van der Waals surface area (Å²) < 4.78 is 15.4. The molecule has 9 nitrogen and oxygen atoms in total. The summed E-state index contributed by atoms with van der Waals surface area (Å²) in [6.45, 7) is 2.76. The highest BCUT2D eigenvalue weighted by molar-refractivity contribution is 5.90. The van der Waals surface area contributed by atoms with Crippen LogP contribution >= 0.6 is 0 Å². The van der Waals surface area contributed by atoms with Crippen LogP contribution in [-0.4, -0.2) is 35.2 Å². The third kappa shape index (κ3) is 4.79. The zero-order valence-corrected chi connectivity index (χ0v) is 14.8. The predicted octanol–water partition coefficient (Wildman–Crippen LogP) is 3.09. The first-order chi connectivity index (χ1) is 12.7. The number of ether oxygens (including phenoxy) is 3. The van der Waals surface area contributed by atoms with E-state index in [-0.39, 0.29) is 28.4 Å². The fourth-order valence-corrected chi connectivity index (χ4v) is 2.20. The summed E-state index contributed by atoms with van der Waals surface area (Å²) >= 11 is 0. The number of benzene rings is 2. The smallest absolute Gasteiger partial charge is 0.338 e. The van der Waals surface area contributed by atoms with Crippen molar-refractivity contribution in [2.75, 3.05) is 7.11 Å². The molecule has 1 N–H and O–H groups in total. The molecule has 2 aromatic carbocycles. The number of carbonyl (C=O) groups is 2. The van der Waals surface area contributed by atoms with Crippen LogP contribution in [0.25, 0.3) is 0 Å². The first kappa shape index (κ1) is 19.9. The molecule has 0 aromatic heterocycles. The van der Waals surface area contributed by atoms with Gasteiger partial charge in [-0.25, -0.2) is 4.79 Å². The predicted molar refractivity (Wildman–Crippen MR) is 93.3 cm³/mol.